The molecule has 1 aliphatic rings. The van der Waals surface area contributed by atoms with Gasteiger partial charge in [-0.05, 0) is 24.7 Å². The minimum absolute atomic E-state index is 0.0509. The fourth-order valence-corrected chi connectivity index (χ4v) is 2.26. The number of carboxylic acid groups (broad SMARTS) is 1. The van der Waals surface area contributed by atoms with Gasteiger partial charge in [0.25, 0.3) is 0 Å². The molecule has 0 aromatic rings. The van der Waals surface area contributed by atoms with Gasteiger partial charge >= 0.3 is 5.97 Å². The first-order valence-corrected chi connectivity index (χ1v) is 4.95. The quantitative estimate of drug-likeness (QED) is 0.704. The van der Waals surface area contributed by atoms with Gasteiger partial charge in [0.2, 0.25) is 0 Å². The number of hydrogen-bond acceptors (Lipinski definition) is 2. The van der Waals surface area contributed by atoms with Gasteiger partial charge in [-0.2, -0.15) is 0 Å². The highest BCUT2D eigenvalue weighted by molar-refractivity contribution is 5.78. The number of carbonyl (C=O) groups is 1. The molecule has 1 atom stereocenters. The van der Waals surface area contributed by atoms with Crippen molar-refractivity contribution in [3.05, 3.63) is 0 Å². The number of rotatable bonds is 3. The largest absolute Gasteiger partial charge is 0.479 e. The molecule has 0 amide bonds. The summed E-state index contributed by atoms with van der Waals surface area (Å²) in [7, 11) is 0. The van der Waals surface area contributed by atoms with Crippen molar-refractivity contribution in [3.63, 3.8) is 0 Å². The molecule has 0 spiro atoms. The van der Waals surface area contributed by atoms with Crippen LogP contribution in [0.15, 0.2) is 0 Å². The Balaban J connectivity index is 2.82. The predicted octanol–water partition coefficient (Wildman–Crippen LogP) is 1.65. The van der Waals surface area contributed by atoms with E-state index in [1.54, 1.807) is 13.8 Å². The van der Waals surface area contributed by atoms with Gasteiger partial charge in [-0.3, -0.25) is 0 Å². The Morgan fingerprint density at radius 2 is 1.85 bits per heavy atom. The lowest BCUT2D eigenvalue weighted by atomic mass is 9.77. The van der Waals surface area contributed by atoms with Gasteiger partial charge in [0.1, 0.15) is 0 Å². The molecule has 2 N–H and O–H groups in total. The van der Waals surface area contributed by atoms with Crippen molar-refractivity contribution in [2.24, 2.45) is 11.8 Å². The van der Waals surface area contributed by atoms with E-state index in [9.17, 15) is 9.90 Å². The zero-order valence-electron chi connectivity index (χ0n) is 8.29. The summed E-state index contributed by atoms with van der Waals surface area (Å²) in [5.41, 5.74) is -1.50. The molecule has 3 nitrogen and oxygen atoms in total. The van der Waals surface area contributed by atoms with Crippen LogP contribution >= 0.6 is 0 Å². The maximum Gasteiger partial charge on any atom is 0.336 e. The predicted molar refractivity (Wildman–Crippen MR) is 49.4 cm³/mol. The molecule has 0 heterocycles. The van der Waals surface area contributed by atoms with E-state index in [1.807, 2.05) is 0 Å². The number of aliphatic carboxylic acids is 1. The van der Waals surface area contributed by atoms with Crippen LogP contribution in [0.2, 0.25) is 0 Å². The summed E-state index contributed by atoms with van der Waals surface area (Å²) in [6.45, 7) is 3.54. The van der Waals surface area contributed by atoms with Crippen LogP contribution < -0.4 is 0 Å². The van der Waals surface area contributed by atoms with Crippen LogP contribution in [0.4, 0.5) is 0 Å². The molecule has 0 saturated heterocycles. The van der Waals surface area contributed by atoms with E-state index in [2.05, 4.69) is 0 Å². The highest BCUT2D eigenvalue weighted by atomic mass is 16.4. The van der Waals surface area contributed by atoms with Gasteiger partial charge < -0.3 is 10.2 Å². The summed E-state index contributed by atoms with van der Waals surface area (Å²) < 4.78 is 0. The van der Waals surface area contributed by atoms with Crippen LogP contribution in [-0.2, 0) is 4.79 Å². The van der Waals surface area contributed by atoms with E-state index in [-0.39, 0.29) is 11.8 Å². The lowest BCUT2D eigenvalue weighted by Gasteiger charge is -2.33. The first-order chi connectivity index (χ1) is 5.99. The molecule has 0 radical (unpaired) electrons. The summed E-state index contributed by atoms with van der Waals surface area (Å²) in [6, 6.07) is 0. The van der Waals surface area contributed by atoms with Crippen LogP contribution in [0.3, 0.4) is 0 Å². The van der Waals surface area contributed by atoms with E-state index in [1.165, 1.54) is 0 Å². The third-order valence-electron chi connectivity index (χ3n) is 3.20. The first kappa shape index (κ1) is 10.5. The summed E-state index contributed by atoms with van der Waals surface area (Å²) >= 11 is 0. The number of aliphatic hydroxyl groups is 1. The second kappa shape index (κ2) is 3.66. The molecular weight excluding hydrogens is 168 g/mol. The maximum atomic E-state index is 11.0. The standard InChI is InChI=1S/C10H18O3/c1-7(2)10(13,9(11)12)8-5-3-4-6-8/h7-8,13H,3-6H2,1-2H3,(H,11,12). The second-order valence-electron chi connectivity index (χ2n) is 4.27. The number of hydrogen-bond donors (Lipinski definition) is 2. The molecule has 1 rings (SSSR count). The minimum Gasteiger partial charge on any atom is -0.479 e. The van der Waals surface area contributed by atoms with Crippen molar-refractivity contribution in [2.75, 3.05) is 0 Å². The molecule has 0 aromatic carbocycles. The third-order valence-corrected chi connectivity index (χ3v) is 3.20. The van der Waals surface area contributed by atoms with Crippen molar-refractivity contribution >= 4 is 5.97 Å². The van der Waals surface area contributed by atoms with Crippen molar-refractivity contribution in [1.82, 2.24) is 0 Å². The van der Waals surface area contributed by atoms with Crippen LogP contribution in [0, 0.1) is 11.8 Å². The van der Waals surface area contributed by atoms with Gasteiger partial charge in [0.05, 0.1) is 0 Å². The molecule has 1 fully saturated rings. The Morgan fingerprint density at radius 3 is 2.15 bits per heavy atom. The normalized spacial score (nSPS) is 23.4. The molecule has 1 saturated carbocycles. The SMILES string of the molecule is CC(C)C(O)(C(=O)O)C1CCCC1. The van der Waals surface area contributed by atoms with Crippen LogP contribution in [0.25, 0.3) is 0 Å². The summed E-state index contributed by atoms with van der Waals surface area (Å²) in [5, 5.41) is 19.1. The van der Waals surface area contributed by atoms with E-state index in [0.29, 0.717) is 0 Å². The highest BCUT2D eigenvalue weighted by Gasteiger charge is 2.47. The summed E-state index contributed by atoms with van der Waals surface area (Å²) in [5.74, 6) is -1.33. The van der Waals surface area contributed by atoms with Crippen LogP contribution in [0.1, 0.15) is 39.5 Å². The average Bonchev–Trinajstić information content (AvgIpc) is 2.54. The second-order valence-corrected chi connectivity index (χ2v) is 4.27. The summed E-state index contributed by atoms with van der Waals surface area (Å²) in [6.07, 6.45) is 3.79. The minimum atomic E-state index is -1.50. The fourth-order valence-electron chi connectivity index (χ4n) is 2.26. The van der Waals surface area contributed by atoms with Crippen molar-refractivity contribution < 1.29 is 15.0 Å². The molecule has 76 valence electrons. The molecule has 1 unspecified atom stereocenters. The lowest BCUT2D eigenvalue weighted by molar-refractivity contribution is -0.171. The fraction of sp³-hybridized carbons (Fsp3) is 0.900. The van der Waals surface area contributed by atoms with Gasteiger partial charge in [0.15, 0.2) is 5.60 Å². The molecule has 0 aliphatic heterocycles. The number of carboxylic acids is 1. The van der Waals surface area contributed by atoms with Gasteiger partial charge in [0, 0.05) is 0 Å². The Kier molecular flexibility index (Phi) is 2.96. The van der Waals surface area contributed by atoms with E-state index in [0.717, 1.165) is 25.7 Å². The Hall–Kier alpha value is -0.570. The third kappa shape index (κ3) is 1.70. The zero-order valence-corrected chi connectivity index (χ0v) is 8.29. The monoisotopic (exact) mass is 186 g/mol. The van der Waals surface area contributed by atoms with Crippen LogP contribution in [-0.4, -0.2) is 21.8 Å². The first-order valence-electron chi connectivity index (χ1n) is 4.95. The van der Waals surface area contributed by atoms with Gasteiger partial charge in [-0.1, -0.05) is 26.7 Å². The Morgan fingerprint density at radius 1 is 1.38 bits per heavy atom. The molecule has 0 bridgehead atoms. The van der Waals surface area contributed by atoms with E-state index < -0.39 is 11.6 Å². The Labute approximate surface area is 78.8 Å². The van der Waals surface area contributed by atoms with Crippen molar-refractivity contribution in [2.45, 2.75) is 45.1 Å². The van der Waals surface area contributed by atoms with Crippen molar-refractivity contribution in [3.8, 4) is 0 Å². The summed E-state index contributed by atoms with van der Waals surface area (Å²) in [4.78, 5) is 11.0. The van der Waals surface area contributed by atoms with Crippen LogP contribution in [0.5, 0.6) is 0 Å². The van der Waals surface area contributed by atoms with E-state index in [4.69, 9.17) is 5.11 Å². The molecule has 0 aromatic heterocycles. The van der Waals surface area contributed by atoms with Gasteiger partial charge in [-0.25, -0.2) is 4.79 Å². The zero-order chi connectivity index (χ0) is 10.1. The van der Waals surface area contributed by atoms with Crippen molar-refractivity contribution in [1.29, 1.82) is 0 Å². The highest BCUT2D eigenvalue weighted by Crippen LogP contribution is 2.38. The average molecular weight is 186 g/mol. The lowest BCUT2D eigenvalue weighted by Crippen LogP contribution is -2.49. The Bertz CT molecular complexity index is 194. The molecule has 3 heteroatoms. The smallest absolute Gasteiger partial charge is 0.336 e. The molecule has 1 aliphatic carbocycles. The van der Waals surface area contributed by atoms with E-state index >= 15 is 0 Å². The molecular formula is C10H18O3. The van der Waals surface area contributed by atoms with Gasteiger partial charge in [-0.15, -0.1) is 0 Å². The topological polar surface area (TPSA) is 57.5 Å². The molecule has 13 heavy (non-hydrogen) atoms. The maximum absolute atomic E-state index is 11.0.